The molecule has 44 valence electrons. The summed E-state index contributed by atoms with van der Waals surface area (Å²) in [5.41, 5.74) is 0. The van der Waals surface area contributed by atoms with E-state index in [1.54, 1.807) is 6.66 Å². The van der Waals surface area contributed by atoms with Gasteiger partial charge in [0.15, 0.2) is 6.66 Å². The SMILES string of the molecule is C.CCO[P+](C)=O. The lowest BCUT2D eigenvalue weighted by molar-refractivity contribution is 0.354. The first-order valence-electron chi connectivity index (χ1n) is 1.81. The Morgan fingerprint density at radius 2 is 2.14 bits per heavy atom. The van der Waals surface area contributed by atoms with E-state index in [0.717, 1.165) is 0 Å². The molecule has 0 radical (unpaired) electrons. The van der Waals surface area contributed by atoms with E-state index in [0.29, 0.717) is 6.61 Å². The van der Waals surface area contributed by atoms with Crippen LogP contribution in [-0.2, 0) is 9.09 Å². The van der Waals surface area contributed by atoms with E-state index in [1.165, 1.54) is 0 Å². The largest absolute Gasteiger partial charge is 0.504 e. The van der Waals surface area contributed by atoms with E-state index in [2.05, 4.69) is 4.52 Å². The van der Waals surface area contributed by atoms with Crippen LogP contribution in [0.25, 0.3) is 0 Å². The molecule has 7 heavy (non-hydrogen) atoms. The van der Waals surface area contributed by atoms with Gasteiger partial charge in [0, 0.05) is 0 Å². The van der Waals surface area contributed by atoms with E-state index in [1.807, 2.05) is 6.92 Å². The van der Waals surface area contributed by atoms with Crippen LogP contribution < -0.4 is 0 Å². The summed E-state index contributed by atoms with van der Waals surface area (Å²) in [4.78, 5) is 0. The highest BCUT2D eigenvalue weighted by molar-refractivity contribution is 7.38. The summed E-state index contributed by atoms with van der Waals surface area (Å²) in [6.45, 7) is 3.90. The van der Waals surface area contributed by atoms with Gasteiger partial charge in [0.1, 0.15) is 0 Å². The Kier molecular flexibility index (Phi) is 8.77. The lowest BCUT2D eigenvalue weighted by Gasteiger charge is -1.70. The van der Waals surface area contributed by atoms with E-state index in [4.69, 9.17) is 0 Å². The van der Waals surface area contributed by atoms with Gasteiger partial charge in [-0.1, -0.05) is 7.43 Å². The van der Waals surface area contributed by atoms with Crippen molar-refractivity contribution in [1.29, 1.82) is 0 Å². The third-order valence-electron chi connectivity index (χ3n) is 0.311. The van der Waals surface area contributed by atoms with Crippen molar-refractivity contribution < 1.29 is 9.09 Å². The van der Waals surface area contributed by atoms with Crippen molar-refractivity contribution in [3.8, 4) is 0 Å². The molecule has 0 N–H and O–H groups in total. The highest BCUT2D eigenvalue weighted by Crippen LogP contribution is 2.12. The fourth-order valence-electron chi connectivity index (χ4n) is 0.182. The average Bonchev–Trinajstić information content (AvgIpc) is 1.35. The van der Waals surface area contributed by atoms with Crippen molar-refractivity contribution in [2.45, 2.75) is 14.4 Å². The van der Waals surface area contributed by atoms with Crippen molar-refractivity contribution in [3.63, 3.8) is 0 Å². The second kappa shape index (κ2) is 6.06. The summed E-state index contributed by atoms with van der Waals surface area (Å²) in [7, 11) is -1.35. The van der Waals surface area contributed by atoms with E-state index >= 15 is 0 Å². The van der Waals surface area contributed by atoms with Crippen LogP contribution in [0, 0.1) is 0 Å². The molecule has 0 aliphatic carbocycles. The summed E-state index contributed by atoms with van der Waals surface area (Å²) in [5.74, 6) is 0. The van der Waals surface area contributed by atoms with Crippen LogP contribution in [0.5, 0.6) is 0 Å². The molecule has 0 aromatic rings. The average molecular weight is 123 g/mol. The maximum absolute atomic E-state index is 9.97. The predicted octanol–water partition coefficient (Wildman–Crippen LogP) is 2.03. The molecule has 0 bridgehead atoms. The minimum absolute atomic E-state index is 0. The minimum atomic E-state index is -1.35. The summed E-state index contributed by atoms with van der Waals surface area (Å²) in [6, 6.07) is 0. The number of hydrogen-bond donors (Lipinski definition) is 0. The summed E-state index contributed by atoms with van der Waals surface area (Å²) in [5, 5.41) is 0. The molecule has 0 heterocycles. The van der Waals surface area contributed by atoms with Gasteiger partial charge in [-0.15, -0.1) is 4.52 Å². The molecule has 2 nitrogen and oxygen atoms in total. The van der Waals surface area contributed by atoms with Crippen molar-refractivity contribution in [1.82, 2.24) is 0 Å². The standard InChI is InChI=1S/C3H8O2P.CH4/c1-3-5-6(2)4;/h3H2,1-2H3;1H4/q+1;. The third kappa shape index (κ3) is 10.7. The van der Waals surface area contributed by atoms with Crippen LogP contribution in [0.2, 0.25) is 0 Å². The zero-order chi connectivity index (χ0) is 4.99. The molecule has 0 fully saturated rings. The topological polar surface area (TPSA) is 26.3 Å². The lowest BCUT2D eigenvalue weighted by Crippen LogP contribution is -1.72. The summed E-state index contributed by atoms with van der Waals surface area (Å²) < 4.78 is 14.5. The van der Waals surface area contributed by atoms with Gasteiger partial charge < -0.3 is 0 Å². The maximum Gasteiger partial charge on any atom is 0.504 e. The van der Waals surface area contributed by atoms with Crippen molar-refractivity contribution in [2.75, 3.05) is 13.3 Å². The van der Waals surface area contributed by atoms with Crippen LogP contribution in [0.4, 0.5) is 0 Å². The molecule has 0 aromatic carbocycles. The molecule has 0 amide bonds. The van der Waals surface area contributed by atoms with Crippen LogP contribution in [-0.4, -0.2) is 13.3 Å². The van der Waals surface area contributed by atoms with Crippen LogP contribution in [0.3, 0.4) is 0 Å². The fourth-order valence-corrected chi connectivity index (χ4v) is 0.545. The fraction of sp³-hybridized carbons (Fsp3) is 1.00. The first kappa shape index (κ1) is 10.1. The van der Waals surface area contributed by atoms with Crippen molar-refractivity contribution in [3.05, 3.63) is 0 Å². The Balaban J connectivity index is 0. The van der Waals surface area contributed by atoms with Crippen LogP contribution in [0.15, 0.2) is 0 Å². The zero-order valence-corrected chi connectivity index (χ0v) is 4.87. The Morgan fingerprint density at radius 1 is 1.71 bits per heavy atom. The monoisotopic (exact) mass is 123 g/mol. The Bertz CT molecular complexity index is 53.7. The molecule has 0 aliphatic rings. The van der Waals surface area contributed by atoms with Gasteiger partial charge in [0.05, 0.1) is 6.61 Å². The molecule has 1 unspecified atom stereocenters. The third-order valence-corrected chi connectivity index (χ3v) is 0.933. The smallest absolute Gasteiger partial charge is 0.147 e. The second-order valence-electron chi connectivity index (χ2n) is 0.857. The molecule has 0 aliphatic heterocycles. The molecule has 0 saturated heterocycles. The zero-order valence-electron chi connectivity index (χ0n) is 3.97. The molecule has 0 aromatic heterocycles. The highest BCUT2D eigenvalue weighted by atomic mass is 31.1. The summed E-state index contributed by atoms with van der Waals surface area (Å²) in [6.07, 6.45) is 0. The second-order valence-corrected chi connectivity index (χ2v) is 2.00. The normalized spacial score (nSPS) is 9.71. The molecule has 0 rings (SSSR count). The Labute approximate surface area is 45.7 Å². The van der Waals surface area contributed by atoms with Crippen LogP contribution in [0.1, 0.15) is 14.4 Å². The van der Waals surface area contributed by atoms with Crippen molar-refractivity contribution >= 4 is 8.03 Å². The van der Waals surface area contributed by atoms with Gasteiger partial charge in [0.2, 0.25) is 0 Å². The number of rotatable bonds is 2. The van der Waals surface area contributed by atoms with E-state index in [-0.39, 0.29) is 7.43 Å². The van der Waals surface area contributed by atoms with Crippen LogP contribution >= 0.6 is 8.03 Å². The first-order chi connectivity index (χ1) is 2.77. The van der Waals surface area contributed by atoms with Gasteiger partial charge in [-0.3, -0.25) is 0 Å². The highest BCUT2D eigenvalue weighted by Gasteiger charge is 2.00. The molecule has 1 atom stereocenters. The van der Waals surface area contributed by atoms with Gasteiger partial charge in [-0.25, -0.2) is 0 Å². The maximum atomic E-state index is 9.97. The quantitative estimate of drug-likeness (QED) is 0.525. The minimum Gasteiger partial charge on any atom is -0.147 e. The van der Waals surface area contributed by atoms with Gasteiger partial charge in [-0.05, 0) is 11.5 Å². The van der Waals surface area contributed by atoms with Crippen molar-refractivity contribution in [2.24, 2.45) is 0 Å². The first-order valence-corrected chi connectivity index (χ1v) is 3.43. The number of hydrogen-bond acceptors (Lipinski definition) is 2. The Morgan fingerprint density at radius 3 is 2.14 bits per heavy atom. The van der Waals surface area contributed by atoms with E-state index < -0.39 is 8.03 Å². The molecule has 0 spiro atoms. The predicted molar refractivity (Wildman–Crippen MR) is 31.9 cm³/mol. The van der Waals surface area contributed by atoms with Gasteiger partial charge in [0.25, 0.3) is 0 Å². The van der Waals surface area contributed by atoms with Gasteiger partial charge in [-0.2, -0.15) is 0 Å². The molecular formula is C4H12O2P+. The van der Waals surface area contributed by atoms with E-state index in [9.17, 15) is 4.57 Å². The van der Waals surface area contributed by atoms with Gasteiger partial charge >= 0.3 is 8.03 Å². The molecular weight excluding hydrogens is 111 g/mol. The summed E-state index contributed by atoms with van der Waals surface area (Å²) >= 11 is 0. The molecule has 3 heteroatoms. The molecule has 0 saturated carbocycles. The lowest BCUT2D eigenvalue weighted by atomic mass is 10.9. The Hall–Kier alpha value is 0.0600.